The second-order valence-corrected chi connectivity index (χ2v) is 4.11. The van der Waals surface area contributed by atoms with E-state index in [0.29, 0.717) is 32.3 Å². The predicted molar refractivity (Wildman–Crippen MR) is 60.5 cm³/mol. The third kappa shape index (κ3) is 6.91. The van der Waals surface area contributed by atoms with Crippen molar-refractivity contribution in [2.45, 2.75) is 51.2 Å². The van der Waals surface area contributed by atoms with E-state index in [1.807, 2.05) is 0 Å². The Balaban J connectivity index is 1.98. The monoisotopic (exact) mass is 244 g/mol. The molecule has 0 aromatic carbocycles. The third-order valence-corrected chi connectivity index (χ3v) is 2.52. The van der Waals surface area contributed by atoms with Crippen LogP contribution in [0.2, 0.25) is 0 Å². The second kappa shape index (κ2) is 8.03. The van der Waals surface area contributed by atoms with Gasteiger partial charge in [0.15, 0.2) is 6.29 Å². The molecule has 1 fully saturated rings. The van der Waals surface area contributed by atoms with Crippen molar-refractivity contribution in [2.24, 2.45) is 5.73 Å². The lowest BCUT2D eigenvalue weighted by Gasteiger charge is -2.22. The summed E-state index contributed by atoms with van der Waals surface area (Å²) in [7, 11) is 0. The Labute approximate surface area is 101 Å². The summed E-state index contributed by atoms with van der Waals surface area (Å²) in [6.45, 7) is 0.680. The summed E-state index contributed by atoms with van der Waals surface area (Å²) in [4.78, 5) is 26.9. The molecular formula is C11H20N2O4. The molecular weight excluding hydrogens is 224 g/mol. The molecule has 0 aromatic heterocycles. The first-order valence-electron chi connectivity index (χ1n) is 6.03. The van der Waals surface area contributed by atoms with Crippen LogP contribution in [0.25, 0.3) is 0 Å². The van der Waals surface area contributed by atoms with Crippen molar-refractivity contribution in [3.05, 3.63) is 0 Å². The maximum Gasteiger partial charge on any atom is 0.243 e. The minimum atomic E-state index is -0.336. The molecule has 1 rings (SSSR count). The molecule has 0 radical (unpaired) electrons. The van der Waals surface area contributed by atoms with Crippen molar-refractivity contribution < 1.29 is 19.2 Å². The van der Waals surface area contributed by atoms with E-state index < -0.39 is 0 Å². The van der Waals surface area contributed by atoms with Gasteiger partial charge in [-0.05, 0) is 25.7 Å². The molecule has 0 aromatic rings. The fraction of sp³-hybridized carbons (Fsp3) is 0.818. The van der Waals surface area contributed by atoms with Crippen molar-refractivity contribution in [2.75, 3.05) is 6.61 Å². The van der Waals surface area contributed by atoms with Crippen LogP contribution in [0.5, 0.6) is 0 Å². The van der Waals surface area contributed by atoms with Gasteiger partial charge in [0, 0.05) is 25.9 Å². The Morgan fingerprint density at radius 2 is 2.06 bits per heavy atom. The van der Waals surface area contributed by atoms with Crippen molar-refractivity contribution in [1.82, 2.24) is 5.48 Å². The van der Waals surface area contributed by atoms with Crippen LogP contribution in [0.4, 0.5) is 0 Å². The number of nitrogens with two attached hydrogens (primary N) is 1. The van der Waals surface area contributed by atoms with Gasteiger partial charge in [-0.3, -0.25) is 9.59 Å². The van der Waals surface area contributed by atoms with E-state index in [0.717, 1.165) is 19.3 Å². The highest BCUT2D eigenvalue weighted by molar-refractivity contribution is 5.75. The summed E-state index contributed by atoms with van der Waals surface area (Å²) in [6.07, 6.45) is 4.49. The Morgan fingerprint density at radius 3 is 2.71 bits per heavy atom. The van der Waals surface area contributed by atoms with E-state index in [2.05, 4.69) is 5.48 Å². The number of unbranched alkanes of at least 4 members (excludes halogenated alkanes) is 1. The topological polar surface area (TPSA) is 90.7 Å². The van der Waals surface area contributed by atoms with Crippen LogP contribution in [0.1, 0.15) is 44.9 Å². The summed E-state index contributed by atoms with van der Waals surface area (Å²) in [5.41, 5.74) is 7.35. The number of hydrogen-bond acceptors (Lipinski definition) is 4. The van der Waals surface area contributed by atoms with Crippen LogP contribution in [-0.4, -0.2) is 24.7 Å². The molecule has 17 heavy (non-hydrogen) atoms. The number of carbonyl (C=O) groups is 2. The van der Waals surface area contributed by atoms with Gasteiger partial charge in [-0.15, -0.1) is 0 Å². The summed E-state index contributed by atoms with van der Waals surface area (Å²) in [5.74, 6) is -0.527. The van der Waals surface area contributed by atoms with Crippen LogP contribution >= 0.6 is 0 Å². The van der Waals surface area contributed by atoms with E-state index in [1.165, 1.54) is 0 Å². The molecule has 0 aliphatic carbocycles. The van der Waals surface area contributed by atoms with Gasteiger partial charge in [0.25, 0.3) is 0 Å². The van der Waals surface area contributed by atoms with Crippen LogP contribution in [-0.2, 0) is 19.2 Å². The Hall–Kier alpha value is -1.14. The fourth-order valence-corrected chi connectivity index (χ4v) is 1.57. The second-order valence-electron chi connectivity index (χ2n) is 4.11. The maximum absolute atomic E-state index is 11.3. The van der Waals surface area contributed by atoms with Gasteiger partial charge in [0.2, 0.25) is 11.8 Å². The van der Waals surface area contributed by atoms with Crippen LogP contribution in [0.15, 0.2) is 0 Å². The molecule has 6 heteroatoms. The number of rotatable bonds is 7. The molecule has 0 saturated carbocycles. The summed E-state index contributed by atoms with van der Waals surface area (Å²) >= 11 is 0. The molecule has 1 atom stereocenters. The van der Waals surface area contributed by atoms with E-state index in [9.17, 15) is 9.59 Å². The summed E-state index contributed by atoms with van der Waals surface area (Å²) < 4.78 is 5.29. The van der Waals surface area contributed by atoms with Crippen molar-refractivity contribution in [1.29, 1.82) is 0 Å². The lowest BCUT2D eigenvalue weighted by Crippen LogP contribution is -2.32. The predicted octanol–water partition coefficient (Wildman–Crippen LogP) is 0.606. The zero-order valence-electron chi connectivity index (χ0n) is 9.94. The Kier molecular flexibility index (Phi) is 6.57. The number of ether oxygens (including phenoxy) is 1. The Morgan fingerprint density at radius 1 is 1.29 bits per heavy atom. The minimum absolute atomic E-state index is 0.191. The minimum Gasteiger partial charge on any atom is -0.370 e. The van der Waals surface area contributed by atoms with Gasteiger partial charge in [-0.2, -0.15) is 0 Å². The van der Waals surface area contributed by atoms with Gasteiger partial charge in [-0.25, -0.2) is 10.3 Å². The van der Waals surface area contributed by atoms with Gasteiger partial charge in [0.1, 0.15) is 0 Å². The van der Waals surface area contributed by atoms with Crippen LogP contribution < -0.4 is 11.2 Å². The molecule has 2 amide bonds. The van der Waals surface area contributed by atoms with Crippen molar-refractivity contribution >= 4 is 11.8 Å². The van der Waals surface area contributed by atoms with Gasteiger partial charge < -0.3 is 10.5 Å². The Bertz CT molecular complexity index is 252. The molecule has 3 N–H and O–H groups in total. The standard InChI is InChI=1S/C11H20N2O4/c12-9(14)5-1-2-6-10(15)13-17-11-7-3-4-8-16-11/h11H,1-8H2,(H2,12,14)(H,13,15). The van der Waals surface area contributed by atoms with Gasteiger partial charge in [-0.1, -0.05) is 0 Å². The first-order chi connectivity index (χ1) is 8.18. The molecule has 1 aliphatic heterocycles. The van der Waals surface area contributed by atoms with E-state index >= 15 is 0 Å². The molecule has 0 spiro atoms. The maximum atomic E-state index is 11.3. The fourth-order valence-electron chi connectivity index (χ4n) is 1.57. The highest BCUT2D eigenvalue weighted by Gasteiger charge is 2.15. The largest absolute Gasteiger partial charge is 0.370 e. The number of hydroxylamine groups is 1. The average Bonchev–Trinajstić information content (AvgIpc) is 2.33. The van der Waals surface area contributed by atoms with Crippen LogP contribution in [0.3, 0.4) is 0 Å². The smallest absolute Gasteiger partial charge is 0.243 e. The number of nitrogens with one attached hydrogen (secondary N) is 1. The van der Waals surface area contributed by atoms with Gasteiger partial charge >= 0.3 is 0 Å². The highest BCUT2D eigenvalue weighted by Crippen LogP contribution is 2.12. The summed E-state index contributed by atoms with van der Waals surface area (Å²) in [5, 5.41) is 0. The third-order valence-electron chi connectivity index (χ3n) is 2.52. The van der Waals surface area contributed by atoms with E-state index in [4.69, 9.17) is 15.3 Å². The molecule has 1 aliphatic rings. The molecule has 1 saturated heterocycles. The molecule has 98 valence electrons. The van der Waals surface area contributed by atoms with Crippen LogP contribution in [0, 0.1) is 0 Å². The van der Waals surface area contributed by atoms with Gasteiger partial charge in [0.05, 0.1) is 0 Å². The first-order valence-corrected chi connectivity index (χ1v) is 6.03. The quantitative estimate of drug-likeness (QED) is 0.507. The number of hydrogen-bond donors (Lipinski definition) is 2. The first kappa shape index (κ1) is 13.9. The summed E-state index contributed by atoms with van der Waals surface area (Å²) in [6, 6.07) is 0. The molecule has 0 bridgehead atoms. The SMILES string of the molecule is NC(=O)CCCCC(=O)NOC1CCCCO1. The highest BCUT2D eigenvalue weighted by atomic mass is 16.8. The number of primary amides is 1. The van der Waals surface area contributed by atoms with Crippen molar-refractivity contribution in [3.8, 4) is 0 Å². The lowest BCUT2D eigenvalue weighted by atomic mass is 10.2. The van der Waals surface area contributed by atoms with Crippen molar-refractivity contribution in [3.63, 3.8) is 0 Å². The average molecular weight is 244 g/mol. The van der Waals surface area contributed by atoms with E-state index in [-0.39, 0.29) is 18.1 Å². The lowest BCUT2D eigenvalue weighted by molar-refractivity contribution is -0.200. The molecule has 6 nitrogen and oxygen atoms in total. The normalized spacial score (nSPS) is 19.9. The molecule has 1 heterocycles. The number of carbonyl (C=O) groups excluding carboxylic acids is 2. The molecule has 1 unspecified atom stereocenters. The van der Waals surface area contributed by atoms with E-state index in [1.54, 1.807) is 0 Å². The zero-order valence-corrected chi connectivity index (χ0v) is 9.94. The zero-order chi connectivity index (χ0) is 12.5. The number of amides is 2.